The molecule has 0 aliphatic heterocycles. The number of rotatable bonds is 9. The molecule has 3 aromatic carbocycles. The molecule has 0 radical (unpaired) electrons. The predicted octanol–water partition coefficient (Wildman–Crippen LogP) is 4.66. The second-order valence-electron chi connectivity index (χ2n) is 7.77. The Kier molecular flexibility index (Phi) is 7.78. The number of nitrogens with zero attached hydrogens (tertiary/aromatic N) is 1. The van der Waals surface area contributed by atoms with Crippen LogP contribution in [0.3, 0.4) is 0 Å². The van der Waals surface area contributed by atoms with Gasteiger partial charge in [0.25, 0.3) is 5.91 Å². The van der Waals surface area contributed by atoms with Gasteiger partial charge in [0.2, 0.25) is 0 Å². The highest BCUT2D eigenvalue weighted by Gasteiger charge is 2.22. The minimum Gasteiger partial charge on any atom is -0.497 e. The summed E-state index contributed by atoms with van der Waals surface area (Å²) >= 11 is 0. The highest BCUT2D eigenvalue weighted by molar-refractivity contribution is 7.87. The molecular formula is C25H26FNO6S. The van der Waals surface area contributed by atoms with Crippen LogP contribution in [0.2, 0.25) is 0 Å². The lowest BCUT2D eigenvalue weighted by Gasteiger charge is -2.27. The van der Waals surface area contributed by atoms with Gasteiger partial charge in [-0.15, -0.1) is 0 Å². The molecule has 0 spiro atoms. The third kappa shape index (κ3) is 6.05. The molecule has 0 unspecified atom stereocenters. The van der Waals surface area contributed by atoms with Crippen LogP contribution in [-0.4, -0.2) is 39.5 Å². The lowest BCUT2D eigenvalue weighted by molar-refractivity contribution is 0.0689. The number of hydrogen-bond donors (Lipinski definition) is 0. The minimum atomic E-state index is -4.14. The molecule has 0 saturated carbocycles. The summed E-state index contributed by atoms with van der Waals surface area (Å²) in [5.74, 6) is 0.284. The van der Waals surface area contributed by atoms with Crippen molar-refractivity contribution in [3.05, 3.63) is 83.7 Å². The molecule has 180 valence electrons. The summed E-state index contributed by atoms with van der Waals surface area (Å²) in [6.07, 6.45) is 0. The molecule has 9 heteroatoms. The SMILES string of the molecule is COc1cc(OC)cc(C(=O)N(Cc2cccc(OS(=O)(=O)c3ccc(F)cc3)c2)C(C)C)c1. The first-order chi connectivity index (χ1) is 16.1. The van der Waals surface area contributed by atoms with Crippen molar-refractivity contribution >= 4 is 16.0 Å². The van der Waals surface area contributed by atoms with Crippen LogP contribution in [0.4, 0.5) is 4.39 Å². The van der Waals surface area contributed by atoms with Crippen LogP contribution in [0, 0.1) is 5.82 Å². The van der Waals surface area contributed by atoms with E-state index in [4.69, 9.17) is 13.7 Å². The van der Waals surface area contributed by atoms with Crippen molar-refractivity contribution in [3.63, 3.8) is 0 Å². The van der Waals surface area contributed by atoms with E-state index in [1.807, 2.05) is 13.8 Å². The summed E-state index contributed by atoms with van der Waals surface area (Å²) < 4.78 is 54.0. The first-order valence-electron chi connectivity index (χ1n) is 10.5. The van der Waals surface area contributed by atoms with Gasteiger partial charge in [-0.25, -0.2) is 4.39 Å². The van der Waals surface area contributed by atoms with Crippen LogP contribution in [-0.2, 0) is 16.7 Å². The van der Waals surface area contributed by atoms with Gasteiger partial charge >= 0.3 is 10.1 Å². The maximum absolute atomic E-state index is 13.3. The number of amides is 1. The number of carbonyl (C=O) groups is 1. The van der Waals surface area contributed by atoms with E-state index in [-0.39, 0.29) is 29.1 Å². The maximum atomic E-state index is 13.3. The van der Waals surface area contributed by atoms with E-state index in [1.54, 1.807) is 41.3 Å². The second kappa shape index (κ2) is 10.6. The molecule has 1 amide bonds. The third-order valence-corrected chi connectivity index (χ3v) is 6.30. The first-order valence-corrected chi connectivity index (χ1v) is 11.9. The summed E-state index contributed by atoms with van der Waals surface area (Å²) in [6.45, 7) is 3.98. The Hall–Kier alpha value is -3.59. The Labute approximate surface area is 198 Å². The lowest BCUT2D eigenvalue weighted by atomic mass is 10.1. The Bertz CT molecular complexity index is 1240. The zero-order chi connectivity index (χ0) is 24.9. The van der Waals surface area contributed by atoms with Gasteiger partial charge in [-0.1, -0.05) is 12.1 Å². The minimum absolute atomic E-state index is 0.0843. The molecular weight excluding hydrogens is 461 g/mol. The van der Waals surface area contributed by atoms with Gasteiger partial charge in [-0.2, -0.15) is 8.42 Å². The van der Waals surface area contributed by atoms with Gasteiger partial charge < -0.3 is 18.6 Å². The predicted molar refractivity (Wildman–Crippen MR) is 125 cm³/mol. The van der Waals surface area contributed by atoms with Gasteiger partial charge in [0, 0.05) is 24.2 Å². The molecule has 0 N–H and O–H groups in total. The first kappa shape index (κ1) is 25.0. The van der Waals surface area contributed by atoms with E-state index in [9.17, 15) is 17.6 Å². The van der Waals surface area contributed by atoms with E-state index in [2.05, 4.69) is 0 Å². The maximum Gasteiger partial charge on any atom is 0.339 e. The van der Waals surface area contributed by atoms with E-state index in [1.165, 1.54) is 20.3 Å². The summed E-state index contributed by atoms with van der Waals surface area (Å²) in [4.78, 5) is 14.8. The summed E-state index contributed by atoms with van der Waals surface area (Å²) in [5, 5.41) is 0. The molecule has 0 aliphatic rings. The average Bonchev–Trinajstić information content (AvgIpc) is 2.81. The van der Waals surface area contributed by atoms with E-state index in [0.717, 1.165) is 24.3 Å². The second-order valence-corrected chi connectivity index (χ2v) is 9.31. The average molecular weight is 488 g/mol. The molecule has 3 rings (SSSR count). The molecule has 3 aromatic rings. The van der Waals surface area contributed by atoms with Crippen molar-refractivity contribution in [2.75, 3.05) is 14.2 Å². The van der Waals surface area contributed by atoms with Crippen molar-refractivity contribution in [1.82, 2.24) is 4.90 Å². The monoisotopic (exact) mass is 487 g/mol. The molecule has 0 atom stereocenters. The van der Waals surface area contributed by atoms with Gasteiger partial charge in [-0.3, -0.25) is 4.79 Å². The van der Waals surface area contributed by atoms with Crippen LogP contribution >= 0.6 is 0 Å². The number of hydrogen-bond acceptors (Lipinski definition) is 6. The van der Waals surface area contributed by atoms with Crippen LogP contribution in [0.1, 0.15) is 29.8 Å². The fourth-order valence-electron chi connectivity index (χ4n) is 3.25. The standard InChI is InChI=1S/C25H26FNO6S/c1-17(2)27(25(28)19-13-22(31-3)15-23(14-19)32-4)16-18-6-5-7-21(12-18)33-34(29,30)24-10-8-20(26)9-11-24/h5-15,17H,16H2,1-4H3. The summed E-state index contributed by atoms with van der Waals surface area (Å²) in [5.41, 5.74) is 1.07. The Morgan fingerprint density at radius 3 is 2.09 bits per heavy atom. The normalized spacial score (nSPS) is 11.2. The quantitative estimate of drug-likeness (QED) is 0.408. The highest BCUT2D eigenvalue weighted by atomic mass is 32.2. The Balaban J connectivity index is 1.84. The number of benzene rings is 3. The van der Waals surface area contributed by atoms with Crippen LogP contribution < -0.4 is 13.7 Å². The van der Waals surface area contributed by atoms with Crippen molar-refractivity contribution in [3.8, 4) is 17.2 Å². The smallest absolute Gasteiger partial charge is 0.339 e. The number of halogens is 1. The van der Waals surface area contributed by atoms with Gasteiger partial charge in [0.1, 0.15) is 28.0 Å². The summed E-state index contributed by atoms with van der Waals surface area (Å²) in [6, 6.07) is 15.6. The van der Waals surface area contributed by atoms with Crippen molar-refractivity contribution in [2.24, 2.45) is 0 Å². The zero-order valence-electron chi connectivity index (χ0n) is 19.3. The largest absolute Gasteiger partial charge is 0.497 e. The van der Waals surface area contributed by atoms with E-state index < -0.39 is 15.9 Å². The van der Waals surface area contributed by atoms with Crippen molar-refractivity contribution in [1.29, 1.82) is 0 Å². The summed E-state index contributed by atoms with van der Waals surface area (Å²) in [7, 11) is -1.12. The fourth-order valence-corrected chi connectivity index (χ4v) is 4.18. The molecule has 34 heavy (non-hydrogen) atoms. The van der Waals surface area contributed by atoms with Crippen molar-refractivity contribution < 1.29 is 31.3 Å². The molecule has 0 heterocycles. The zero-order valence-corrected chi connectivity index (χ0v) is 20.1. The van der Waals surface area contributed by atoms with Crippen LogP contribution in [0.15, 0.2) is 71.6 Å². The molecule has 0 aromatic heterocycles. The fraction of sp³-hybridized carbons (Fsp3) is 0.240. The van der Waals surface area contributed by atoms with E-state index in [0.29, 0.717) is 22.6 Å². The number of methoxy groups -OCH3 is 2. The Morgan fingerprint density at radius 2 is 1.53 bits per heavy atom. The van der Waals surface area contributed by atoms with Crippen LogP contribution in [0.25, 0.3) is 0 Å². The molecule has 0 aliphatic carbocycles. The molecule has 7 nitrogen and oxygen atoms in total. The van der Waals surface area contributed by atoms with Gasteiger partial charge in [0.05, 0.1) is 14.2 Å². The number of ether oxygens (including phenoxy) is 2. The highest BCUT2D eigenvalue weighted by Crippen LogP contribution is 2.26. The van der Waals surface area contributed by atoms with Crippen LogP contribution in [0.5, 0.6) is 17.2 Å². The molecule has 0 bridgehead atoms. The topological polar surface area (TPSA) is 82.1 Å². The van der Waals surface area contributed by atoms with E-state index >= 15 is 0 Å². The lowest BCUT2D eigenvalue weighted by Crippen LogP contribution is -2.36. The van der Waals surface area contributed by atoms with Gasteiger partial charge in [0.15, 0.2) is 0 Å². The third-order valence-electron chi connectivity index (χ3n) is 5.04. The molecule has 0 saturated heterocycles. The Morgan fingerprint density at radius 1 is 0.912 bits per heavy atom. The molecule has 0 fully saturated rings. The number of carbonyl (C=O) groups excluding carboxylic acids is 1. The van der Waals surface area contributed by atoms with Gasteiger partial charge in [-0.05, 0) is 67.9 Å². The van der Waals surface area contributed by atoms with Crippen molar-refractivity contribution in [2.45, 2.75) is 31.3 Å².